The molecule has 1 heterocycles. The van der Waals surface area contributed by atoms with E-state index in [-0.39, 0.29) is 0 Å². The fourth-order valence-electron chi connectivity index (χ4n) is 2.17. The molecule has 0 amide bonds. The third-order valence-electron chi connectivity index (χ3n) is 3.18. The molecule has 1 aliphatic heterocycles. The highest BCUT2D eigenvalue weighted by molar-refractivity contribution is 5.75. The smallest absolute Gasteiger partial charge is 0.150 e. The van der Waals surface area contributed by atoms with E-state index in [0.29, 0.717) is 12.0 Å². The lowest BCUT2D eigenvalue weighted by molar-refractivity contribution is 0.112. The average molecular weight is 203 g/mol. The fraction of sp³-hybridized carbons (Fsp3) is 0.462. The van der Waals surface area contributed by atoms with Crippen molar-refractivity contribution in [2.45, 2.75) is 31.7 Å². The number of nitrogens with one attached hydrogen (secondary N) is 1. The zero-order chi connectivity index (χ0) is 10.7. The number of hydrogen-bond acceptors (Lipinski definition) is 2. The maximum absolute atomic E-state index is 10.7. The standard InChI is InChI=1S/C13H17NO/c1-10-5-6-13(8-14-10)12-4-2-3-11(7-12)9-15/h2-4,7,9-10,13-14H,5-6,8H2,1H3. The maximum Gasteiger partial charge on any atom is 0.150 e. The van der Waals surface area contributed by atoms with Crippen LogP contribution in [0.5, 0.6) is 0 Å². The summed E-state index contributed by atoms with van der Waals surface area (Å²) in [5.41, 5.74) is 2.07. The first-order chi connectivity index (χ1) is 7.29. The summed E-state index contributed by atoms with van der Waals surface area (Å²) in [5.74, 6) is 0.570. The Kier molecular flexibility index (Phi) is 3.17. The first kappa shape index (κ1) is 10.4. The third-order valence-corrected chi connectivity index (χ3v) is 3.18. The molecular weight excluding hydrogens is 186 g/mol. The van der Waals surface area contributed by atoms with Crippen LogP contribution < -0.4 is 5.32 Å². The number of carbonyl (C=O) groups excluding carboxylic acids is 1. The van der Waals surface area contributed by atoms with Gasteiger partial charge < -0.3 is 5.32 Å². The number of carbonyl (C=O) groups is 1. The predicted molar refractivity (Wildman–Crippen MR) is 61.3 cm³/mol. The van der Waals surface area contributed by atoms with Crippen LogP contribution >= 0.6 is 0 Å². The van der Waals surface area contributed by atoms with Crippen LogP contribution in [0.4, 0.5) is 0 Å². The van der Waals surface area contributed by atoms with Crippen LogP contribution in [-0.2, 0) is 0 Å². The van der Waals surface area contributed by atoms with Gasteiger partial charge in [-0.25, -0.2) is 0 Å². The average Bonchev–Trinajstić information content (AvgIpc) is 2.30. The van der Waals surface area contributed by atoms with Gasteiger partial charge in [0, 0.05) is 18.2 Å². The van der Waals surface area contributed by atoms with Gasteiger partial charge in [0.25, 0.3) is 0 Å². The summed E-state index contributed by atoms with van der Waals surface area (Å²) in [7, 11) is 0. The van der Waals surface area contributed by atoms with Gasteiger partial charge in [-0.1, -0.05) is 18.2 Å². The first-order valence-corrected chi connectivity index (χ1v) is 5.58. The molecule has 15 heavy (non-hydrogen) atoms. The van der Waals surface area contributed by atoms with E-state index < -0.39 is 0 Å². The zero-order valence-electron chi connectivity index (χ0n) is 9.07. The van der Waals surface area contributed by atoms with Gasteiger partial charge in [0.1, 0.15) is 6.29 Å². The van der Waals surface area contributed by atoms with Crippen molar-refractivity contribution >= 4 is 6.29 Å². The van der Waals surface area contributed by atoms with Crippen molar-refractivity contribution in [1.29, 1.82) is 0 Å². The number of piperidine rings is 1. The summed E-state index contributed by atoms with van der Waals surface area (Å²) >= 11 is 0. The molecule has 1 saturated heterocycles. The summed E-state index contributed by atoms with van der Waals surface area (Å²) in [6.45, 7) is 3.25. The lowest BCUT2D eigenvalue weighted by Gasteiger charge is -2.28. The Morgan fingerprint density at radius 1 is 1.40 bits per heavy atom. The SMILES string of the molecule is CC1CCC(c2cccc(C=O)c2)CN1. The van der Waals surface area contributed by atoms with Crippen LogP contribution in [0.2, 0.25) is 0 Å². The number of hydrogen-bond donors (Lipinski definition) is 1. The van der Waals surface area contributed by atoms with E-state index >= 15 is 0 Å². The van der Waals surface area contributed by atoms with E-state index in [1.54, 1.807) is 0 Å². The molecule has 2 nitrogen and oxygen atoms in total. The first-order valence-electron chi connectivity index (χ1n) is 5.58. The lowest BCUT2D eigenvalue weighted by atomic mass is 9.88. The molecule has 0 saturated carbocycles. The van der Waals surface area contributed by atoms with Gasteiger partial charge in [-0.15, -0.1) is 0 Å². The highest BCUT2D eigenvalue weighted by atomic mass is 16.1. The van der Waals surface area contributed by atoms with Gasteiger partial charge >= 0.3 is 0 Å². The van der Waals surface area contributed by atoms with Gasteiger partial charge in [0.05, 0.1) is 0 Å². The highest BCUT2D eigenvalue weighted by Crippen LogP contribution is 2.25. The minimum Gasteiger partial charge on any atom is -0.314 e. The minimum absolute atomic E-state index is 0.570. The number of rotatable bonds is 2. The molecule has 1 aliphatic rings. The van der Waals surface area contributed by atoms with Gasteiger partial charge in [0.2, 0.25) is 0 Å². The van der Waals surface area contributed by atoms with Crippen molar-refractivity contribution in [2.75, 3.05) is 6.54 Å². The van der Waals surface area contributed by atoms with Crippen molar-refractivity contribution in [3.05, 3.63) is 35.4 Å². The topological polar surface area (TPSA) is 29.1 Å². The Hall–Kier alpha value is -1.15. The van der Waals surface area contributed by atoms with Gasteiger partial charge in [0.15, 0.2) is 0 Å². The Morgan fingerprint density at radius 2 is 2.27 bits per heavy atom. The molecule has 0 spiro atoms. The molecule has 0 radical (unpaired) electrons. The van der Waals surface area contributed by atoms with Crippen LogP contribution in [0.1, 0.15) is 41.6 Å². The Morgan fingerprint density at radius 3 is 2.93 bits per heavy atom. The summed E-state index contributed by atoms with van der Waals surface area (Å²) in [6, 6.07) is 8.59. The summed E-state index contributed by atoms with van der Waals surface area (Å²) in [6.07, 6.45) is 3.36. The van der Waals surface area contributed by atoms with E-state index in [1.165, 1.54) is 18.4 Å². The third kappa shape index (κ3) is 2.45. The molecule has 1 fully saturated rings. The normalized spacial score (nSPS) is 26.2. The molecule has 80 valence electrons. The van der Waals surface area contributed by atoms with Crippen molar-refractivity contribution in [3.8, 4) is 0 Å². The highest BCUT2D eigenvalue weighted by Gasteiger charge is 2.18. The van der Waals surface area contributed by atoms with E-state index in [1.807, 2.05) is 18.2 Å². The van der Waals surface area contributed by atoms with Crippen LogP contribution in [0, 0.1) is 0 Å². The van der Waals surface area contributed by atoms with Crippen LogP contribution in [0.3, 0.4) is 0 Å². The Labute approximate surface area is 90.7 Å². The molecule has 1 N–H and O–H groups in total. The molecule has 2 heteroatoms. The Bertz CT molecular complexity index is 340. The second-order valence-electron chi connectivity index (χ2n) is 4.37. The van der Waals surface area contributed by atoms with Gasteiger partial charge in [-0.2, -0.15) is 0 Å². The lowest BCUT2D eigenvalue weighted by Crippen LogP contribution is -2.35. The predicted octanol–water partition coefficient (Wildman–Crippen LogP) is 2.35. The molecule has 2 atom stereocenters. The molecular formula is C13H17NO. The summed E-state index contributed by atoms with van der Waals surface area (Å²) in [5, 5.41) is 3.48. The monoisotopic (exact) mass is 203 g/mol. The molecule has 2 unspecified atom stereocenters. The van der Waals surface area contributed by atoms with E-state index in [9.17, 15) is 4.79 Å². The van der Waals surface area contributed by atoms with Gasteiger partial charge in [-0.05, 0) is 37.3 Å². The van der Waals surface area contributed by atoms with Crippen molar-refractivity contribution in [3.63, 3.8) is 0 Å². The Balaban J connectivity index is 2.11. The van der Waals surface area contributed by atoms with Crippen molar-refractivity contribution in [2.24, 2.45) is 0 Å². The van der Waals surface area contributed by atoms with E-state index in [0.717, 1.165) is 18.4 Å². The largest absolute Gasteiger partial charge is 0.314 e. The maximum atomic E-state index is 10.7. The quantitative estimate of drug-likeness (QED) is 0.747. The molecule has 1 aromatic rings. The van der Waals surface area contributed by atoms with Gasteiger partial charge in [-0.3, -0.25) is 4.79 Å². The summed E-state index contributed by atoms with van der Waals surface area (Å²) in [4.78, 5) is 10.7. The second-order valence-corrected chi connectivity index (χ2v) is 4.37. The summed E-state index contributed by atoms with van der Waals surface area (Å²) < 4.78 is 0. The van der Waals surface area contributed by atoms with Crippen molar-refractivity contribution < 1.29 is 4.79 Å². The fourth-order valence-corrected chi connectivity index (χ4v) is 2.17. The van der Waals surface area contributed by atoms with E-state index in [4.69, 9.17) is 0 Å². The van der Waals surface area contributed by atoms with E-state index in [2.05, 4.69) is 18.3 Å². The van der Waals surface area contributed by atoms with Crippen LogP contribution in [-0.4, -0.2) is 18.9 Å². The molecule has 2 rings (SSSR count). The van der Waals surface area contributed by atoms with Crippen LogP contribution in [0.25, 0.3) is 0 Å². The molecule has 1 aromatic carbocycles. The van der Waals surface area contributed by atoms with Crippen LogP contribution in [0.15, 0.2) is 24.3 Å². The minimum atomic E-state index is 0.570. The molecule has 0 aromatic heterocycles. The zero-order valence-corrected chi connectivity index (χ0v) is 9.07. The number of aldehydes is 1. The molecule has 0 aliphatic carbocycles. The second kappa shape index (κ2) is 4.58. The number of benzene rings is 1. The molecule has 0 bridgehead atoms. The van der Waals surface area contributed by atoms with Crippen molar-refractivity contribution in [1.82, 2.24) is 5.32 Å².